The van der Waals surface area contributed by atoms with Gasteiger partial charge in [-0.15, -0.1) is 0 Å². The van der Waals surface area contributed by atoms with Gasteiger partial charge < -0.3 is 14.3 Å². The van der Waals surface area contributed by atoms with Crippen LogP contribution in [-0.2, 0) is 9.31 Å². The lowest BCUT2D eigenvalue weighted by Gasteiger charge is -2.32. The zero-order valence-electron chi connectivity index (χ0n) is 17.9. The van der Waals surface area contributed by atoms with Gasteiger partial charge in [-0.25, -0.2) is 0 Å². The monoisotopic (exact) mass is 395 g/mol. The van der Waals surface area contributed by atoms with Crippen LogP contribution >= 0.6 is 0 Å². The third-order valence-corrected chi connectivity index (χ3v) is 6.50. The van der Waals surface area contributed by atoms with Crippen LogP contribution in [0.15, 0.2) is 78.9 Å². The molecule has 4 heteroatoms. The number of rotatable bonds is 3. The fraction of sp³-hybridized carbons (Fsp3) is 0.231. The summed E-state index contributed by atoms with van der Waals surface area (Å²) in [5.74, 6) is 0. The predicted molar refractivity (Wildman–Crippen MR) is 125 cm³/mol. The third kappa shape index (κ3) is 2.99. The SMILES string of the molecule is CC1(C)OB(c2cccc3c(-c4ccccc4)c(-c4ccccc4)[nH]c23)OC1(C)C. The normalized spacial score (nSPS) is 17.5. The number of H-pyrrole nitrogens is 1. The summed E-state index contributed by atoms with van der Waals surface area (Å²) in [7, 11) is -0.412. The molecule has 1 N–H and O–H groups in total. The standard InChI is InChI=1S/C26H26BNO2/c1-25(2)26(3,4)30-27(29-25)21-17-11-16-20-22(18-12-7-5-8-13-18)23(28-24(20)21)19-14-9-6-10-15-19/h5-17,28H,1-4H3. The minimum absolute atomic E-state index is 0.378. The van der Waals surface area contributed by atoms with Gasteiger partial charge in [-0.05, 0) is 38.8 Å². The van der Waals surface area contributed by atoms with Crippen LogP contribution in [-0.4, -0.2) is 23.3 Å². The Labute approximate surface area is 178 Å². The van der Waals surface area contributed by atoms with E-state index < -0.39 is 7.12 Å². The molecular weight excluding hydrogens is 369 g/mol. The molecule has 1 saturated heterocycles. The van der Waals surface area contributed by atoms with Crippen molar-refractivity contribution in [3.05, 3.63) is 78.9 Å². The molecule has 0 saturated carbocycles. The average Bonchev–Trinajstić information content (AvgIpc) is 3.23. The second kappa shape index (κ2) is 6.87. The highest BCUT2D eigenvalue weighted by atomic mass is 16.7. The van der Waals surface area contributed by atoms with Gasteiger partial charge in [0.2, 0.25) is 0 Å². The number of para-hydroxylation sites is 1. The van der Waals surface area contributed by atoms with Gasteiger partial charge in [0, 0.05) is 21.9 Å². The second-order valence-electron chi connectivity index (χ2n) is 8.97. The van der Waals surface area contributed by atoms with Gasteiger partial charge >= 0.3 is 7.12 Å². The van der Waals surface area contributed by atoms with E-state index in [9.17, 15) is 0 Å². The van der Waals surface area contributed by atoms with E-state index in [1.165, 1.54) is 16.5 Å². The molecule has 0 radical (unpaired) electrons. The summed E-state index contributed by atoms with van der Waals surface area (Å²) in [5, 5.41) is 1.17. The van der Waals surface area contributed by atoms with Crippen molar-refractivity contribution in [2.24, 2.45) is 0 Å². The summed E-state index contributed by atoms with van der Waals surface area (Å²) in [5.41, 5.74) is 6.00. The molecule has 0 unspecified atom stereocenters. The summed E-state index contributed by atoms with van der Waals surface area (Å²) >= 11 is 0. The summed E-state index contributed by atoms with van der Waals surface area (Å²) in [6, 6.07) is 27.4. The molecule has 2 heterocycles. The van der Waals surface area contributed by atoms with Crippen molar-refractivity contribution in [2.45, 2.75) is 38.9 Å². The maximum absolute atomic E-state index is 6.38. The second-order valence-corrected chi connectivity index (χ2v) is 8.97. The minimum Gasteiger partial charge on any atom is -0.399 e. The molecule has 150 valence electrons. The lowest BCUT2D eigenvalue weighted by atomic mass is 9.77. The Hall–Kier alpha value is -2.82. The Morgan fingerprint density at radius 2 is 1.23 bits per heavy atom. The van der Waals surface area contributed by atoms with Gasteiger partial charge in [-0.3, -0.25) is 0 Å². The Morgan fingerprint density at radius 3 is 1.83 bits per heavy atom. The summed E-state index contributed by atoms with van der Waals surface area (Å²) < 4.78 is 12.8. The van der Waals surface area contributed by atoms with Crippen molar-refractivity contribution in [2.75, 3.05) is 0 Å². The fourth-order valence-corrected chi connectivity index (χ4v) is 4.13. The van der Waals surface area contributed by atoms with Crippen LogP contribution in [0.2, 0.25) is 0 Å². The molecule has 1 fully saturated rings. The van der Waals surface area contributed by atoms with Crippen LogP contribution in [0.3, 0.4) is 0 Å². The van der Waals surface area contributed by atoms with Gasteiger partial charge in [0.15, 0.2) is 0 Å². The fourth-order valence-electron chi connectivity index (χ4n) is 4.13. The molecule has 0 spiro atoms. The lowest BCUT2D eigenvalue weighted by Crippen LogP contribution is -2.41. The molecule has 3 aromatic carbocycles. The van der Waals surface area contributed by atoms with Crippen molar-refractivity contribution in [1.82, 2.24) is 4.98 Å². The first-order valence-corrected chi connectivity index (χ1v) is 10.5. The van der Waals surface area contributed by atoms with E-state index in [0.29, 0.717) is 0 Å². The van der Waals surface area contributed by atoms with Crippen molar-refractivity contribution in [1.29, 1.82) is 0 Å². The summed E-state index contributed by atoms with van der Waals surface area (Å²) in [6.45, 7) is 8.36. The van der Waals surface area contributed by atoms with Crippen molar-refractivity contribution in [3.8, 4) is 22.4 Å². The highest BCUT2D eigenvalue weighted by Crippen LogP contribution is 2.40. The highest BCUT2D eigenvalue weighted by Gasteiger charge is 2.52. The van der Waals surface area contributed by atoms with Crippen LogP contribution in [0, 0.1) is 0 Å². The number of hydrogen-bond acceptors (Lipinski definition) is 2. The molecule has 0 bridgehead atoms. The van der Waals surface area contributed by atoms with Gasteiger partial charge in [0.25, 0.3) is 0 Å². The Kier molecular flexibility index (Phi) is 4.39. The first kappa shape index (κ1) is 19.2. The zero-order valence-corrected chi connectivity index (χ0v) is 17.9. The molecule has 0 atom stereocenters. The molecule has 1 aromatic heterocycles. The van der Waals surface area contributed by atoms with Crippen LogP contribution in [0.4, 0.5) is 0 Å². The Bertz CT molecular complexity index is 1180. The van der Waals surface area contributed by atoms with Crippen LogP contribution in [0.5, 0.6) is 0 Å². The number of benzene rings is 3. The molecule has 30 heavy (non-hydrogen) atoms. The molecule has 0 amide bonds. The van der Waals surface area contributed by atoms with Crippen LogP contribution < -0.4 is 5.46 Å². The molecule has 1 aliphatic heterocycles. The van der Waals surface area contributed by atoms with E-state index in [0.717, 1.165) is 22.2 Å². The van der Waals surface area contributed by atoms with Crippen LogP contribution in [0.1, 0.15) is 27.7 Å². The van der Waals surface area contributed by atoms with Crippen molar-refractivity contribution < 1.29 is 9.31 Å². The largest absolute Gasteiger partial charge is 0.497 e. The van der Waals surface area contributed by atoms with E-state index in [4.69, 9.17) is 9.31 Å². The molecule has 1 aliphatic rings. The maximum atomic E-state index is 6.38. The topological polar surface area (TPSA) is 34.2 Å². The van der Waals surface area contributed by atoms with Gasteiger partial charge in [-0.1, -0.05) is 78.9 Å². The van der Waals surface area contributed by atoms with Gasteiger partial charge in [-0.2, -0.15) is 0 Å². The summed E-state index contributed by atoms with van der Waals surface area (Å²) in [6.07, 6.45) is 0. The van der Waals surface area contributed by atoms with E-state index in [2.05, 4.69) is 105 Å². The van der Waals surface area contributed by atoms with E-state index in [-0.39, 0.29) is 11.2 Å². The number of aromatic nitrogens is 1. The lowest BCUT2D eigenvalue weighted by molar-refractivity contribution is 0.00578. The number of fused-ring (bicyclic) bond motifs is 1. The number of nitrogens with one attached hydrogen (secondary N) is 1. The van der Waals surface area contributed by atoms with Gasteiger partial charge in [0.1, 0.15) is 0 Å². The van der Waals surface area contributed by atoms with Gasteiger partial charge in [0.05, 0.1) is 16.9 Å². The summed E-state index contributed by atoms with van der Waals surface area (Å²) in [4.78, 5) is 3.72. The van der Waals surface area contributed by atoms with Crippen molar-refractivity contribution in [3.63, 3.8) is 0 Å². The molecule has 0 aliphatic carbocycles. The third-order valence-electron chi connectivity index (χ3n) is 6.50. The van der Waals surface area contributed by atoms with E-state index >= 15 is 0 Å². The first-order chi connectivity index (χ1) is 14.4. The highest BCUT2D eigenvalue weighted by molar-refractivity contribution is 6.65. The average molecular weight is 395 g/mol. The van der Waals surface area contributed by atoms with E-state index in [1.54, 1.807) is 0 Å². The maximum Gasteiger partial charge on any atom is 0.497 e. The van der Waals surface area contributed by atoms with Crippen molar-refractivity contribution >= 4 is 23.5 Å². The minimum atomic E-state index is -0.412. The number of hydrogen-bond donors (Lipinski definition) is 1. The smallest absolute Gasteiger partial charge is 0.399 e. The van der Waals surface area contributed by atoms with Crippen LogP contribution in [0.25, 0.3) is 33.3 Å². The number of aromatic amines is 1. The van der Waals surface area contributed by atoms with E-state index in [1.807, 2.05) is 6.07 Å². The Morgan fingerprint density at radius 1 is 0.667 bits per heavy atom. The molecule has 3 nitrogen and oxygen atoms in total. The molecule has 5 rings (SSSR count). The zero-order chi connectivity index (χ0) is 20.9. The first-order valence-electron chi connectivity index (χ1n) is 10.5. The predicted octanol–water partition coefficient (Wildman–Crippen LogP) is 5.80. The molecular formula is C26H26BNO2. The molecule has 4 aromatic rings. The quantitative estimate of drug-likeness (QED) is 0.445. The Balaban J connectivity index is 1.75.